The third-order valence-corrected chi connectivity index (χ3v) is 2.84. The Morgan fingerprint density at radius 1 is 1.53 bits per heavy atom. The molecule has 0 radical (unpaired) electrons. The lowest BCUT2D eigenvalue weighted by Crippen LogP contribution is -2.29. The van der Waals surface area contributed by atoms with E-state index in [9.17, 15) is 0 Å². The molecule has 2 heterocycles. The molecule has 82 valence electrons. The Bertz CT molecular complexity index is 374. The van der Waals surface area contributed by atoms with Crippen LogP contribution in [0.1, 0.15) is 37.8 Å². The largest absolute Gasteiger partial charge is 0.471 e. The molecule has 3 heteroatoms. The topological polar surface area (TPSA) is 34.2 Å². The van der Waals surface area contributed by atoms with E-state index >= 15 is 0 Å². The van der Waals surface area contributed by atoms with Gasteiger partial charge in [0.1, 0.15) is 11.8 Å². The van der Waals surface area contributed by atoms with Gasteiger partial charge in [-0.1, -0.05) is 13.8 Å². The van der Waals surface area contributed by atoms with Gasteiger partial charge in [0.05, 0.1) is 6.54 Å². The summed E-state index contributed by atoms with van der Waals surface area (Å²) in [5.74, 6) is 1.25. The molecule has 1 aromatic heterocycles. The Kier molecular flexibility index (Phi) is 2.55. The van der Waals surface area contributed by atoms with Gasteiger partial charge in [-0.15, -0.1) is 0 Å². The first-order chi connectivity index (χ1) is 7.09. The highest BCUT2D eigenvalue weighted by Gasteiger charge is 2.20. The second kappa shape index (κ2) is 3.72. The lowest BCUT2D eigenvalue weighted by atomic mass is 9.99. The molecule has 3 nitrogen and oxygen atoms in total. The highest BCUT2D eigenvalue weighted by atomic mass is 16.5. The number of anilines is 1. The normalized spacial score (nSPS) is 19.4. The zero-order valence-electron chi connectivity index (χ0n) is 9.79. The molecule has 0 saturated heterocycles. The molecule has 1 aliphatic rings. The van der Waals surface area contributed by atoms with Crippen molar-refractivity contribution in [2.75, 3.05) is 11.9 Å². The van der Waals surface area contributed by atoms with Gasteiger partial charge in [-0.25, -0.2) is 4.98 Å². The fourth-order valence-corrected chi connectivity index (χ4v) is 1.95. The zero-order chi connectivity index (χ0) is 11.0. The Labute approximate surface area is 90.9 Å². The van der Waals surface area contributed by atoms with Crippen LogP contribution in [0.3, 0.4) is 0 Å². The number of hydrogen-bond donors (Lipinski definition) is 1. The van der Waals surface area contributed by atoms with Crippen molar-refractivity contribution in [1.29, 1.82) is 0 Å². The lowest BCUT2D eigenvalue weighted by molar-refractivity contribution is 0.216. The summed E-state index contributed by atoms with van der Waals surface area (Å²) in [4.78, 5) is 4.37. The molecule has 0 fully saturated rings. The van der Waals surface area contributed by atoms with Crippen LogP contribution in [0.2, 0.25) is 0 Å². The van der Waals surface area contributed by atoms with Crippen LogP contribution in [0, 0.1) is 6.92 Å². The minimum absolute atomic E-state index is 0.203. The molecule has 1 N–H and O–H groups in total. The molecule has 0 saturated carbocycles. The van der Waals surface area contributed by atoms with Gasteiger partial charge < -0.3 is 10.1 Å². The summed E-state index contributed by atoms with van der Waals surface area (Å²) >= 11 is 0. The quantitative estimate of drug-likeness (QED) is 0.767. The van der Waals surface area contributed by atoms with Crippen LogP contribution in [0.5, 0.6) is 5.88 Å². The van der Waals surface area contributed by atoms with Crippen molar-refractivity contribution in [2.45, 2.75) is 39.7 Å². The minimum Gasteiger partial charge on any atom is -0.471 e. The molecule has 1 aliphatic heterocycles. The average molecular weight is 206 g/mol. The number of hydrogen-bond acceptors (Lipinski definition) is 3. The number of rotatable bonds is 1. The predicted octanol–water partition coefficient (Wildman–Crippen LogP) is 2.71. The van der Waals surface area contributed by atoms with E-state index in [1.165, 1.54) is 11.1 Å². The SMILES string of the molecule is Cc1c(C(C)C)cnc2c1NCC(C)O2. The van der Waals surface area contributed by atoms with E-state index in [1.54, 1.807) is 0 Å². The number of aromatic nitrogens is 1. The molecule has 0 bridgehead atoms. The molecule has 0 aliphatic carbocycles. The van der Waals surface area contributed by atoms with Crippen molar-refractivity contribution < 1.29 is 4.74 Å². The third-order valence-electron chi connectivity index (χ3n) is 2.84. The van der Waals surface area contributed by atoms with Gasteiger partial charge in [-0.2, -0.15) is 0 Å². The second-order valence-electron chi connectivity index (χ2n) is 4.48. The van der Waals surface area contributed by atoms with Gasteiger partial charge in [0.2, 0.25) is 5.88 Å². The van der Waals surface area contributed by atoms with E-state index in [0.717, 1.165) is 18.1 Å². The molecule has 0 aromatic carbocycles. The van der Waals surface area contributed by atoms with E-state index < -0.39 is 0 Å². The van der Waals surface area contributed by atoms with Gasteiger partial charge in [-0.05, 0) is 30.9 Å². The van der Waals surface area contributed by atoms with Crippen LogP contribution in [0.4, 0.5) is 5.69 Å². The number of nitrogens with one attached hydrogen (secondary N) is 1. The van der Waals surface area contributed by atoms with Crippen molar-refractivity contribution in [3.8, 4) is 5.88 Å². The number of ether oxygens (including phenoxy) is 1. The summed E-state index contributed by atoms with van der Waals surface area (Å²) in [7, 11) is 0. The van der Waals surface area contributed by atoms with Crippen molar-refractivity contribution in [3.05, 3.63) is 17.3 Å². The number of nitrogens with zero attached hydrogens (tertiary/aromatic N) is 1. The van der Waals surface area contributed by atoms with E-state index in [-0.39, 0.29) is 6.10 Å². The molecule has 0 spiro atoms. The Hall–Kier alpha value is -1.25. The highest BCUT2D eigenvalue weighted by molar-refractivity contribution is 5.62. The minimum atomic E-state index is 0.203. The maximum absolute atomic E-state index is 5.67. The Morgan fingerprint density at radius 3 is 2.93 bits per heavy atom. The van der Waals surface area contributed by atoms with Crippen LogP contribution in [-0.4, -0.2) is 17.6 Å². The van der Waals surface area contributed by atoms with Crippen LogP contribution in [0.25, 0.3) is 0 Å². The van der Waals surface area contributed by atoms with Crippen molar-refractivity contribution in [2.24, 2.45) is 0 Å². The molecular formula is C12H18N2O. The van der Waals surface area contributed by atoms with Crippen molar-refractivity contribution in [1.82, 2.24) is 4.98 Å². The van der Waals surface area contributed by atoms with Crippen LogP contribution in [0.15, 0.2) is 6.20 Å². The summed E-state index contributed by atoms with van der Waals surface area (Å²) < 4.78 is 5.67. The smallest absolute Gasteiger partial charge is 0.237 e. The van der Waals surface area contributed by atoms with Crippen LogP contribution < -0.4 is 10.1 Å². The van der Waals surface area contributed by atoms with Crippen molar-refractivity contribution in [3.63, 3.8) is 0 Å². The molecule has 1 unspecified atom stereocenters. The summed E-state index contributed by atoms with van der Waals surface area (Å²) in [5.41, 5.74) is 3.63. The first-order valence-electron chi connectivity index (χ1n) is 5.49. The second-order valence-corrected chi connectivity index (χ2v) is 4.48. The molecular weight excluding hydrogens is 188 g/mol. The molecule has 1 aromatic rings. The van der Waals surface area contributed by atoms with E-state index in [4.69, 9.17) is 4.74 Å². The third kappa shape index (κ3) is 1.78. The fraction of sp³-hybridized carbons (Fsp3) is 0.583. The summed E-state index contributed by atoms with van der Waals surface area (Å²) in [5, 5.41) is 3.39. The molecule has 1 atom stereocenters. The van der Waals surface area contributed by atoms with Gasteiger partial charge in [0, 0.05) is 6.20 Å². The lowest BCUT2D eigenvalue weighted by Gasteiger charge is -2.26. The highest BCUT2D eigenvalue weighted by Crippen LogP contribution is 2.34. The first kappa shape index (κ1) is 10.3. The van der Waals surface area contributed by atoms with Crippen LogP contribution >= 0.6 is 0 Å². The van der Waals surface area contributed by atoms with Crippen molar-refractivity contribution >= 4 is 5.69 Å². The molecule has 0 amide bonds. The van der Waals surface area contributed by atoms with E-state index in [1.807, 2.05) is 13.1 Å². The predicted molar refractivity (Wildman–Crippen MR) is 61.6 cm³/mol. The van der Waals surface area contributed by atoms with Gasteiger partial charge >= 0.3 is 0 Å². The number of fused-ring (bicyclic) bond motifs is 1. The maximum atomic E-state index is 5.67. The molecule has 15 heavy (non-hydrogen) atoms. The summed E-state index contributed by atoms with van der Waals surface area (Å²) in [6.07, 6.45) is 2.13. The van der Waals surface area contributed by atoms with Gasteiger partial charge in [-0.3, -0.25) is 0 Å². The zero-order valence-corrected chi connectivity index (χ0v) is 9.79. The Balaban J connectivity index is 2.44. The van der Waals surface area contributed by atoms with E-state index in [2.05, 4.69) is 31.1 Å². The standard InChI is InChI=1S/C12H18N2O/c1-7(2)10-6-14-12-11(9(10)4)13-5-8(3)15-12/h6-8,13H,5H2,1-4H3. The monoisotopic (exact) mass is 206 g/mol. The van der Waals surface area contributed by atoms with Gasteiger partial charge in [0.25, 0.3) is 0 Å². The summed E-state index contributed by atoms with van der Waals surface area (Å²) in [6.45, 7) is 9.40. The summed E-state index contributed by atoms with van der Waals surface area (Å²) in [6, 6.07) is 0. The molecule has 2 rings (SSSR count). The Morgan fingerprint density at radius 2 is 2.27 bits per heavy atom. The van der Waals surface area contributed by atoms with Crippen LogP contribution in [-0.2, 0) is 0 Å². The average Bonchev–Trinajstić information content (AvgIpc) is 2.17. The van der Waals surface area contributed by atoms with E-state index in [0.29, 0.717) is 5.92 Å². The number of pyridine rings is 1. The maximum Gasteiger partial charge on any atom is 0.237 e. The van der Waals surface area contributed by atoms with Gasteiger partial charge in [0.15, 0.2) is 0 Å². The first-order valence-corrected chi connectivity index (χ1v) is 5.49. The fourth-order valence-electron chi connectivity index (χ4n) is 1.95.